The Morgan fingerprint density at radius 1 is 1.88 bits per heavy atom. The molecule has 2 amide bonds. The number of carbonyl (C=O) groups is 1. The van der Waals surface area contributed by atoms with Gasteiger partial charge < -0.3 is 10.3 Å². The van der Waals surface area contributed by atoms with E-state index in [4.69, 9.17) is 0 Å². The molecule has 0 radical (unpaired) electrons. The summed E-state index contributed by atoms with van der Waals surface area (Å²) in [7, 11) is 1.06. The van der Waals surface area contributed by atoms with Crippen molar-refractivity contribution in [2.45, 2.75) is 0 Å². The van der Waals surface area contributed by atoms with Gasteiger partial charge in [-0.05, 0) is 0 Å². The number of urea groups is 1. The van der Waals surface area contributed by atoms with Crippen LogP contribution in [0.15, 0.2) is 0 Å². The SMILES string of the molecule is CN(C(N)=O)S(=O)[O-]. The molecule has 0 saturated heterocycles. The number of carbonyl (C=O) groups excluding carboxylic acids is 1. The van der Waals surface area contributed by atoms with Crippen molar-refractivity contribution in [3.63, 3.8) is 0 Å². The van der Waals surface area contributed by atoms with Gasteiger partial charge in [-0.3, -0.25) is 8.51 Å². The molecule has 0 aromatic heterocycles. The number of amides is 2. The van der Waals surface area contributed by atoms with E-state index in [1.807, 2.05) is 0 Å². The van der Waals surface area contributed by atoms with Crippen molar-refractivity contribution in [1.82, 2.24) is 4.31 Å². The molecule has 0 aromatic carbocycles. The third-order valence-corrected chi connectivity index (χ3v) is 1.16. The molecule has 0 aliphatic rings. The molecule has 0 fully saturated rings. The Morgan fingerprint density at radius 2 is 2.25 bits per heavy atom. The summed E-state index contributed by atoms with van der Waals surface area (Å²) in [6.07, 6.45) is 0. The second-order valence-electron chi connectivity index (χ2n) is 1.05. The molecule has 2 N–H and O–H groups in total. The van der Waals surface area contributed by atoms with E-state index in [0.29, 0.717) is 4.31 Å². The Morgan fingerprint density at radius 3 is 2.25 bits per heavy atom. The standard InChI is InChI=1S/C2H6N2O3S/c1-4(2(3)5)8(6)7/h1H3,(H2,3,5)(H,6,7)/p-1. The van der Waals surface area contributed by atoms with Crippen LogP contribution in [0.25, 0.3) is 0 Å². The highest BCUT2D eigenvalue weighted by Gasteiger charge is 1.99. The number of hydrogen-bond acceptors (Lipinski definition) is 3. The summed E-state index contributed by atoms with van der Waals surface area (Å²) in [6.45, 7) is 0. The molecule has 0 aromatic rings. The highest BCUT2D eigenvalue weighted by Crippen LogP contribution is 1.81. The predicted molar refractivity (Wildman–Crippen MR) is 26.3 cm³/mol. The van der Waals surface area contributed by atoms with E-state index in [0.717, 1.165) is 7.05 Å². The summed E-state index contributed by atoms with van der Waals surface area (Å²) in [5.74, 6) is 0. The average molecular weight is 137 g/mol. The smallest absolute Gasteiger partial charge is 0.325 e. The first-order valence-electron chi connectivity index (χ1n) is 1.68. The van der Waals surface area contributed by atoms with Crippen molar-refractivity contribution in [2.24, 2.45) is 5.73 Å². The molecule has 6 heteroatoms. The van der Waals surface area contributed by atoms with Crippen molar-refractivity contribution in [1.29, 1.82) is 0 Å². The summed E-state index contributed by atoms with van der Waals surface area (Å²) < 4.78 is 19.9. The van der Waals surface area contributed by atoms with Crippen molar-refractivity contribution >= 4 is 17.3 Å². The van der Waals surface area contributed by atoms with E-state index < -0.39 is 17.3 Å². The van der Waals surface area contributed by atoms with Gasteiger partial charge in [0.1, 0.15) is 0 Å². The van der Waals surface area contributed by atoms with Gasteiger partial charge in [0.15, 0.2) is 0 Å². The lowest BCUT2D eigenvalue weighted by Crippen LogP contribution is -2.33. The van der Waals surface area contributed by atoms with Gasteiger partial charge in [0.05, 0.1) is 11.3 Å². The van der Waals surface area contributed by atoms with Gasteiger partial charge in [-0.25, -0.2) is 4.79 Å². The number of rotatable bonds is 1. The molecule has 0 bridgehead atoms. The maximum absolute atomic E-state index is 9.90. The maximum atomic E-state index is 9.90. The monoisotopic (exact) mass is 137 g/mol. The van der Waals surface area contributed by atoms with Gasteiger partial charge >= 0.3 is 6.03 Å². The van der Waals surface area contributed by atoms with Gasteiger partial charge in [-0.15, -0.1) is 0 Å². The molecule has 0 saturated carbocycles. The largest absolute Gasteiger partial charge is 0.755 e. The minimum atomic E-state index is -2.53. The van der Waals surface area contributed by atoms with Crippen LogP contribution in [0, 0.1) is 0 Å². The van der Waals surface area contributed by atoms with Crippen LogP contribution >= 0.6 is 0 Å². The molecule has 0 heterocycles. The molecule has 48 valence electrons. The first kappa shape index (κ1) is 7.38. The van der Waals surface area contributed by atoms with Crippen molar-refractivity contribution in [3.8, 4) is 0 Å². The molecule has 1 unspecified atom stereocenters. The fourth-order valence-electron chi connectivity index (χ4n) is 0.0735. The predicted octanol–water partition coefficient (Wildman–Crippen LogP) is -1.21. The van der Waals surface area contributed by atoms with E-state index in [1.54, 1.807) is 0 Å². The quantitative estimate of drug-likeness (QED) is 0.460. The summed E-state index contributed by atoms with van der Waals surface area (Å²) in [6, 6.07) is -0.988. The second kappa shape index (κ2) is 2.63. The van der Waals surface area contributed by atoms with Crippen molar-refractivity contribution in [2.75, 3.05) is 7.05 Å². The molecule has 8 heavy (non-hydrogen) atoms. The molecule has 0 rings (SSSR count). The molecule has 1 atom stereocenters. The van der Waals surface area contributed by atoms with Crippen LogP contribution in [-0.2, 0) is 11.3 Å². The first-order valence-corrected chi connectivity index (χ1v) is 2.71. The summed E-state index contributed by atoms with van der Waals surface area (Å²) >= 11 is -2.53. The lowest BCUT2D eigenvalue weighted by atomic mass is 11.0. The number of nitrogens with two attached hydrogens (primary N) is 1. The Kier molecular flexibility index (Phi) is 2.43. The molecule has 0 spiro atoms. The number of nitrogens with zero attached hydrogens (tertiary/aromatic N) is 1. The third kappa shape index (κ3) is 1.90. The zero-order valence-corrected chi connectivity index (χ0v) is 4.97. The van der Waals surface area contributed by atoms with Crippen molar-refractivity contribution < 1.29 is 13.6 Å². The van der Waals surface area contributed by atoms with E-state index in [9.17, 15) is 13.6 Å². The Bertz CT molecular complexity index is 110. The molecular weight excluding hydrogens is 132 g/mol. The average Bonchev–Trinajstić information content (AvgIpc) is 1.64. The van der Waals surface area contributed by atoms with Gasteiger partial charge in [-0.2, -0.15) is 0 Å². The zero-order chi connectivity index (χ0) is 6.73. The van der Waals surface area contributed by atoms with E-state index in [2.05, 4.69) is 5.73 Å². The van der Waals surface area contributed by atoms with Gasteiger partial charge in [0, 0.05) is 7.05 Å². The Labute approximate surface area is 48.9 Å². The second-order valence-corrected chi connectivity index (χ2v) is 2.03. The summed E-state index contributed by atoms with van der Waals surface area (Å²) in [5.41, 5.74) is 4.53. The minimum Gasteiger partial charge on any atom is -0.755 e. The fraction of sp³-hybridized carbons (Fsp3) is 0.500. The van der Waals surface area contributed by atoms with Gasteiger partial charge in [-0.1, -0.05) is 0 Å². The van der Waals surface area contributed by atoms with Crippen LogP contribution < -0.4 is 5.73 Å². The van der Waals surface area contributed by atoms with Crippen LogP contribution in [0.3, 0.4) is 0 Å². The van der Waals surface area contributed by atoms with Crippen LogP contribution in [0.5, 0.6) is 0 Å². The number of primary amides is 1. The highest BCUT2D eigenvalue weighted by molar-refractivity contribution is 7.77. The van der Waals surface area contributed by atoms with Crippen LogP contribution in [0.1, 0.15) is 0 Å². The highest BCUT2D eigenvalue weighted by atomic mass is 32.2. The first-order chi connectivity index (χ1) is 3.55. The molecular formula is C2H5N2O3S-. The van der Waals surface area contributed by atoms with Crippen molar-refractivity contribution in [3.05, 3.63) is 0 Å². The number of hydrogen-bond donors (Lipinski definition) is 1. The Hall–Kier alpha value is -0.620. The lowest BCUT2D eigenvalue weighted by Gasteiger charge is -2.15. The molecule has 0 aliphatic carbocycles. The lowest BCUT2D eigenvalue weighted by molar-refractivity contribution is 0.236. The van der Waals surface area contributed by atoms with Crippen LogP contribution in [-0.4, -0.2) is 26.1 Å². The fourth-order valence-corrected chi connectivity index (χ4v) is 0.220. The minimum absolute atomic E-state index is 0.389. The molecule has 5 nitrogen and oxygen atoms in total. The van der Waals surface area contributed by atoms with Crippen LogP contribution in [0.2, 0.25) is 0 Å². The normalized spacial score (nSPS) is 12.8. The van der Waals surface area contributed by atoms with E-state index >= 15 is 0 Å². The zero-order valence-electron chi connectivity index (χ0n) is 4.16. The third-order valence-electron chi connectivity index (χ3n) is 0.534. The van der Waals surface area contributed by atoms with E-state index in [-0.39, 0.29) is 0 Å². The van der Waals surface area contributed by atoms with Gasteiger partial charge in [0.25, 0.3) is 0 Å². The van der Waals surface area contributed by atoms with E-state index in [1.165, 1.54) is 0 Å². The summed E-state index contributed by atoms with van der Waals surface area (Å²) in [4.78, 5) is 9.90. The molecule has 0 aliphatic heterocycles. The maximum Gasteiger partial charge on any atom is 0.325 e. The van der Waals surface area contributed by atoms with Crippen LogP contribution in [0.4, 0.5) is 4.79 Å². The summed E-state index contributed by atoms with van der Waals surface area (Å²) in [5, 5.41) is 0. The Balaban J connectivity index is 3.83. The topological polar surface area (TPSA) is 86.5 Å². The van der Waals surface area contributed by atoms with Gasteiger partial charge in [0.2, 0.25) is 0 Å².